The first-order valence-electron chi connectivity index (χ1n) is 6.85. The summed E-state index contributed by atoms with van der Waals surface area (Å²) in [4.78, 5) is 4.37. The molecule has 3 heteroatoms. The fraction of sp³-hybridized carbons (Fsp3) is 0.533. The first kappa shape index (κ1) is 11.7. The Hall–Kier alpha value is -1.35. The van der Waals surface area contributed by atoms with Crippen molar-refractivity contribution < 1.29 is 4.74 Å². The summed E-state index contributed by atoms with van der Waals surface area (Å²) >= 11 is 0. The third-order valence-corrected chi connectivity index (χ3v) is 4.02. The highest BCUT2D eigenvalue weighted by Crippen LogP contribution is 2.35. The normalized spacial score (nSPS) is 22.4. The number of ether oxygens (including phenoxy) is 1. The Morgan fingerprint density at radius 3 is 2.72 bits per heavy atom. The lowest BCUT2D eigenvalue weighted by Crippen LogP contribution is -2.38. The van der Waals surface area contributed by atoms with Crippen molar-refractivity contribution in [3.63, 3.8) is 0 Å². The van der Waals surface area contributed by atoms with Crippen molar-refractivity contribution >= 4 is 5.90 Å². The quantitative estimate of drug-likeness (QED) is 0.869. The molecule has 0 bridgehead atoms. The number of nitrogens with two attached hydrogens (primary N) is 1. The van der Waals surface area contributed by atoms with E-state index >= 15 is 0 Å². The molecule has 2 N–H and O–H groups in total. The predicted molar refractivity (Wildman–Crippen MR) is 72.7 cm³/mol. The van der Waals surface area contributed by atoms with Crippen LogP contribution in [0, 0.1) is 0 Å². The van der Waals surface area contributed by atoms with E-state index in [-0.39, 0.29) is 5.54 Å². The smallest absolute Gasteiger partial charge is 0.216 e. The van der Waals surface area contributed by atoms with Gasteiger partial charge in [-0.05, 0) is 30.5 Å². The first-order chi connectivity index (χ1) is 8.78. The molecule has 3 rings (SSSR count). The summed E-state index contributed by atoms with van der Waals surface area (Å²) in [6.45, 7) is 1.47. The summed E-state index contributed by atoms with van der Waals surface area (Å²) in [7, 11) is 0. The van der Waals surface area contributed by atoms with Gasteiger partial charge < -0.3 is 10.5 Å². The number of benzene rings is 1. The number of nitrogens with zero attached hydrogens (tertiary/aromatic N) is 1. The Kier molecular flexibility index (Phi) is 3.08. The van der Waals surface area contributed by atoms with Gasteiger partial charge in [0, 0.05) is 11.1 Å². The molecular formula is C15H20N2O. The maximum Gasteiger partial charge on any atom is 0.216 e. The van der Waals surface area contributed by atoms with E-state index in [1.807, 2.05) is 0 Å². The average molecular weight is 244 g/mol. The van der Waals surface area contributed by atoms with E-state index in [1.165, 1.54) is 24.8 Å². The zero-order valence-corrected chi connectivity index (χ0v) is 10.7. The van der Waals surface area contributed by atoms with Crippen LogP contribution in [0.2, 0.25) is 0 Å². The Morgan fingerprint density at radius 1 is 1.17 bits per heavy atom. The van der Waals surface area contributed by atoms with Gasteiger partial charge in [-0.3, -0.25) is 0 Å². The number of hydrogen-bond acceptors (Lipinski definition) is 3. The summed E-state index contributed by atoms with van der Waals surface area (Å²) in [5.74, 6) is 0.774. The van der Waals surface area contributed by atoms with E-state index in [0.717, 1.165) is 30.8 Å². The molecule has 1 heterocycles. The molecule has 1 saturated carbocycles. The Labute approximate surface area is 108 Å². The second-order valence-corrected chi connectivity index (χ2v) is 5.33. The maximum atomic E-state index is 6.57. The van der Waals surface area contributed by atoms with Gasteiger partial charge in [0.05, 0.1) is 6.54 Å². The summed E-state index contributed by atoms with van der Waals surface area (Å²) in [5.41, 5.74) is 8.73. The molecule has 0 spiro atoms. The molecule has 0 unspecified atom stereocenters. The van der Waals surface area contributed by atoms with Gasteiger partial charge in [-0.1, -0.05) is 31.4 Å². The maximum absolute atomic E-state index is 6.57. The highest BCUT2D eigenvalue weighted by Gasteiger charge is 2.29. The molecule has 2 aliphatic rings. The summed E-state index contributed by atoms with van der Waals surface area (Å²) < 4.78 is 5.52. The van der Waals surface area contributed by atoms with Gasteiger partial charge in [0.15, 0.2) is 0 Å². The molecular weight excluding hydrogens is 224 g/mol. The lowest BCUT2D eigenvalue weighted by atomic mass is 9.77. The van der Waals surface area contributed by atoms with Crippen LogP contribution in [0.5, 0.6) is 0 Å². The molecule has 1 aliphatic carbocycles. The SMILES string of the molecule is NC1(c2cccc(C3=NCCO3)c2)CCCCC1. The standard InChI is InChI=1S/C15H20N2O/c16-15(7-2-1-3-8-15)13-6-4-5-12(11-13)14-17-9-10-18-14/h4-6,11H,1-3,7-10,16H2. The number of aliphatic imine (C=N–C) groups is 1. The van der Waals surface area contributed by atoms with Crippen molar-refractivity contribution in [3.05, 3.63) is 35.4 Å². The molecule has 3 nitrogen and oxygen atoms in total. The lowest BCUT2D eigenvalue weighted by Gasteiger charge is -2.34. The van der Waals surface area contributed by atoms with E-state index < -0.39 is 0 Å². The zero-order chi connectivity index (χ0) is 12.4. The van der Waals surface area contributed by atoms with E-state index in [9.17, 15) is 0 Å². The minimum atomic E-state index is -0.145. The van der Waals surface area contributed by atoms with Crippen molar-refractivity contribution in [1.29, 1.82) is 0 Å². The van der Waals surface area contributed by atoms with E-state index in [2.05, 4.69) is 29.3 Å². The minimum absolute atomic E-state index is 0.145. The van der Waals surface area contributed by atoms with Crippen LogP contribution in [0.15, 0.2) is 29.3 Å². The second-order valence-electron chi connectivity index (χ2n) is 5.33. The van der Waals surface area contributed by atoms with Crippen molar-refractivity contribution in [2.75, 3.05) is 13.2 Å². The summed E-state index contributed by atoms with van der Waals surface area (Å²) in [6.07, 6.45) is 5.96. The van der Waals surface area contributed by atoms with Gasteiger partial charge in [-0.25, -0.2) is 4.99 Å². The molecule has 0 aromatic heterocycles. The molecule has 0 saturated heterocycles. The van der Waals surface area contributed by atoms with Gasteiger partial charge in [0.1, 0.15) is 6.61 Å². The fourth-order valence-electron chi connectivity index (χ4n) is 2.94. The van der Waals surface area contributed by atoms with E-state index in [1.54, 1.807) is 0 Å². The predicted octanol–water partition coefficient (Wildman–Crippen LogP) is 2.58. The van der Waals surface area contributed by atoms with Crippen LogP contribution in [0.3, 0.4) is 0 Å². The molecule has 18 heavy (non-hydrogen) atoms. The van der Waals surface area contributed by atoms with Crippen LogP contribution in [0.1, 0.15) is 43.2 Å². The van der Waals surface area contributed by atoms with Crippen LogP contribution in [-0.2, 0) is 10.3 Å². The third kappa shape index (κ3) is 2.15. The van der Waals surface area contributed by atoms with Crippen LogP contribution in [-0.4, -0.2) is 19.0 Å². The van der Waals surface area contributed by atoms with Gasteiger partial charge in [0.2, 0.25) is 5.90 Å². The van der Waals surface area contributed by atoms with Gasteiger partial charge in [0.25, 0.3) is 0 Å². The highest BCUT2D eigenvalue weighted by molar-refractivity contribution is 5.95. The topological polar surface area (TPSA) is 47.6 Å². The van der Waals surface area contributed by atoms with Crippen LogP contribution >= 0.6 is 0 Å². The minimum Gasteiger partial charge on any atom is -0.476 e. The molecule has 1 aromatic rings. The van der Waals surface area contributed by atoms with Crippen molar-refractivity contribution in [3.8, 4) is 0 Å². The zero-order valence-electron chi connectivity index (χ0n) is 10.7. The molecule has 0 radical (unpaired) electrons. The first-order valence-corrected chi connectivity index (χ1v) is 6.85. The monoisotopic (exact) mass is 244 g/mol. The highest BCUT2D eigenvalue weighted by atomic mass is 16.5. The van der Waals surface area contributed by atoms with Gasteiger partial charge in [-0.2, -0.15) is 0 Å². The van der Waals surface area contributed by atoms with Crippen molar-refractivity contribution in [2.24, 2.45) is 10.7 Å². The van der Waals surface area contributed by atoms with Gasteiger partial charge in [-0.15, -0.1) is 0 Å². The molecule has 0 atom stereocenters. The van der Waals surface area contributed by atoms with Crippen LogP contribution < -0.4 is 5.73 Å². The van der Waals surface area contributed by atoms with Crippen molar-refractivity contribution in [2.45, 2.75) is 37.6 Å². The van der Waals surface area contributed by atoms with Crippen LogP contribution in [0.4, 0.5) is 0 Å². The van der Waals surface area contributed by atoms with Gasteiger partial charge >= 0.3 is 0 Å². The average Bonchev–Trinajstić information content (AvgIpc) is 2.94. The van der Waals surface area contributed by atoms with E-state index in [4.69, 9.17) is 10.5 Å². The molecule has 1 aliphatic heterocycles. The molecule has 1 aromatic carbocycles. The Morgan fingerprint density at radius 2 is 2.00 bits per heavy atom. The third-order valence-electron chi connectivity index (χ3n) is 4.02. The summed E-state index contributed by atoms with van der Waals surface area (Å²) in [5, 5.41) is 0. The summed E-state index contributed by atoms with van der Waals surface area (Å²) in [6, 6.07) is 8.43. The number of hydrogen-bond donors (Lipinski definition) is 1. The van der Waals surface area contributed by atoms with Crippen LogP contribution in [0.25, 0.3) is 0 Å². The Balaban J connectivity index is 1.90. The number of rotatable bonds is 2. The molecule has 1 fully saturated rings. The van der Waals surface area contributed by atoms with Crippen molar-refractivity contribution in [1.82, 2.24) is 0 Å². The molecule has 0 amide bonds. The lowest BCUT2D eigenvalue weighted by molar-refractivity contribution is 0.302. The van der Waals surface area contributed by atoms with E-state index in [0.29, 0.717) is 6.61 Å². The fourth-order valence-corrected chi connectivity index (χ4v) is 2.94. The Bertz CT molecular complexity index is 461. The largest absolute Gasteiger partial charge is 0.476 e. The molecule has 96 valence electrons. The second kappa shape index (κ2) is 4.73.